The van der Waals surface area contributed by atoms with E-state index in [9.17, 15) is 0 Å². The Morgan fingerprint density at radius 2 is 1.76 bits per heavy atom. The first kappa shape index (κ1) is 13.8. The number of nitrogens with zero attached hydrogens (tertiary/aromatic N) is 1. The van der Waals surface area contributed by atoms with E-state index in [1.165, 1.54) is 0 Å². The maximum atomic E-state index is 6.21. The Kier molecular flexibility index (Phi) is 4.37. The van der Waals surface area contributed by atoms with E-state index in [1.54, 1.807) is 14.2 Å². The summed E-state index contributed by atoms with van der Waals surface area (Å²) in [5.41, 5.74) is 6.96. The Hall–Kier alpha value is -1.26. The standard InChI is InChI=1S/C13H22N2O2/c1-13(14,15(2)3)9-10-6-7-11(16-4)12(8-10)17-5/h6-8H,9,14H2,1-5H3. The minimum absolute atomic E-state index is 0.375. The highest BCUT2D eigenvalue weighted by molar-refractivity contribution is 5.43. The van der Waals surface area contributed by atoms with Crippen LogP contribution in [0.2, 0.25) is 0 Å². The molecular formula is C13H22N2O2. The van der Waals surface area contributed by atoms with Gasteiger partial charge in [0.05, 0.1) is 19.9 Å². The van der Waals surface area contributed by atoms with Gasteiger partial charge in [-0.1, -0.05) is 6.07 Å². The molecule has 4 heteroatoms. The van der Waals surface area contributed by atoms with Crippen LogP contribution in [-0.4, -0.2) is 38.9 Å². The largest absolute Gasteiger partial charge is 0.493 e. The van der Waals surface area contributed by atoms with E-state index in [0.29, 0.717) is 0 Å². The Morgan fingerprint density at radius 3 is 2.24 bits per heavy atom. The van der Waals surface area contributed by atoms with Crippen LogP contribution in [0, 0.1) is 0 Å². The molecule has 96 valence electrons. The van der Waals surface area contributed by atoms with Crippen LogP contribution in [0.5, 0.6) is 11.5 Å². The van der Waals surface area contributed by atoms with Crippen molar-refractivity contribution in [2.24, 2.45) is 5.73 Å². The number of rotatable bonds is 5. The van der Waals surface area contributed by atoms with Gasteiger partial charge in [-0.2, -0.15) is 0 Å². The van der Waals surface area contributed by atoms with Crippen molar-refractivity contribution in [1.82, 2.24) is 4.90 Å². The zero-order valence-corrected chi connectivity index (χ0v) is 11.3. The lowest BCUT2D eigenvalue weighted by Crippen LogP contribution is -2.51. The van der Waals surface area contributed by atoms with Crippen LogP contribution in [-0.2, 0) is 6.42 Å². The molecular weight excluding hydrogens is 216 g/mol. The molecule has 0 saturated heterocycles. The first-order valence-electron chi connectivity index (χ1n) is 5.58. The van der Waals surface area contributed by atoms with Gasteiger partial charge in [0.15, 0.2) is 11.5 Å². The molecule has 0 spiro atoms. The molecule has 0 amide bonds. The molecule has 2 N–H and O–H groups in total. The number of hydrogen-bond acceptors (Lipinski definition) is 4. The van der Waals surface area contributed by atoms with Gasteiger partial charge in [-0.25, -0.2) is 0 Å². The van der Waals surface area contributed by atoms with E-state index in [-0.39, 0.29) is 5.66 Å². The van der Waals surface area contributed by atoms with Gasteiger partial charge in [0, 0.05) is 6.42 Å². The van der Waals surface area contributed by atoms with Gasteiger partial charge >= 0.3 is 0 Å². The van der Waals surface area contributed by atoms with Crippen LogP contribution >= 0.6 is 0 Å². The molecule has 0 radical (unpaired) electrons. The van der Waals surface area contributed by atoms with Crippen molar-refractivity contribution in [2.75, 3.05) is 28.3 Å². The topological polar surface area (TPSA) is 47.7 Å². The highest BCUT2D eigenvalue weighted by Crippen LogP contribution is 2.28. The van der Waals surface area contributed by atoms with Gasteiger partial charge in [0.2, 0.25) is 0 Å². The maximum Gasteiger partial charge on any atom is 0.160 e. The summed E-state index contributed by atoms with van der Waals surface area (Å²) in [4.78, 5) is 2.00. The fourth-order valence-corrected chi connectivity index (χ4v) is 1.56. The molecule has 0 fully saturated rings. The Morgan fingerprint density at radius 1 is 1.18 bits per heavy atom. The van der Waals surface area contributed by atoms with Crippen molar-refractivity contribution in [1.29, 1.82) is 0 Å². The predicted octanol–water partition coefficient (Wildman–Crippen LogP) is 1.48. The highest BCUT2D eigenvalue weighted by Gasteiger charge is 2.22. The molecule has 1 atom stereocenters. The van der Waals surface area contributed by atoms with Crippen molar-refractivity contribution in [2.45, 2.75) is 19.0 Å². The van der Waals surface area contributed by atoms with Gasteiger partial charge in [0.1, 0.15) is 0 Å². The molecule has 1 rings (SSSR count). The molecule has 1 aromatic carbocycles. The van der Waals surface area contributed by atoms with Crippen LogP contribution in [0.4, 0.5) is 0 Å². The SMILES string of the molecule is COc1ccc(CC(C)(N)N(C)C)cc1OC. The second-order valence-corrected chi connectivity index (χ2v) is 4.62. The molecule has 0 aliphatic rings. The van der Waals surface area contributed by atoms with Gasteiger partial charge in [0.25, 0.3) is 0 Å². The summed E-state index contributed by atoms with van der Waals surface area (Å²) in [6.45, 7) is 2.00. The summed E-state index contributed by atoms with van der Waals surface area (Å²) < 4.78 is 10.5. The Bertz CT molecular complexity index is 376. The van der Waals surface area contributed by atoms with Crippen LogP contribution in [0.15, 0.2) is 18.2 Å². The van der Waals surface area contributed by atoms with E-state index >= 15 is 0 Å². The quantitative estimate of drug-likeness (QED) is 0.789. The van der Waals surface area contributed by atoms with Crippen LogP contribution in [0.25, 0.3) is 0 Å². The normalized spacial score (nSPS) is 14.5. The highest BCUT2D eigenvalue weighted by atomic mass is 16.5. The molecule has 1 unspecified atom stereocenters. The first-order chi connectivity index (χ1) is 7.90. The summed E-state index contributed by atoms with van der Waals surface area (Å²) in [6, 6.07) is 5.88. The second kappa shape index (κ2) is 5.38. The minimum Gasteiger partial charge on any atom is -0.493 e. The lowest BCUT2D eigenvalue weighted by atomic mass is 10.0. The van der Waals surface area contributed by atoms with Crippen molar-refractivity contribution >= 4 is 0 Å². The molecule has 0 aromatic heterocycles. The number of nitrogens with two attached hydrogens (primary N) is 1. The number of benzene rings is 1. The fraction of sp³-hybridized carbons (Fsp3) is 0.538. The average Bonchev–Trinajstić information content (AvgIpc) is 2.28. The van der Waals surface area contributed by atoms with E-state index in [4.69, 9.17) is 15.2 Å². The average molecular weight is 238 g/mol. The maximum absolute atomic E-state index is 6.21. The summed E-state index contributed by atoms with van der Waals surface area (Å²) in [6.07, 6.45) is 0.750. The molecule has 0 bridgehead atoms. The van der Waals surface area contributed by atoms with Crippen LogP contribution < -0.4 is 15.2 Å². The predicted molar refractivity (Wildman–Crippen MR) is 69.5 cm³/mol. The van der Waals surface area contributed by atoms with Gasteiger partial charge in [-0.3, -0.25) is 4.90 Å². The minimum atomic E-state index is -0.375. The molecule has 1 aromatic rings. The van der Waals surface area contributed by atoms with E-state index in [0.717, 1.165) is 23.5 Å². The Labute approximate surface area is 103 Å². The molecule has 0 aliphatic carbocycles. The monoisotopic (exact) mass is 238 g/mol. The van der Waals surface area contributed by atoms with E-state index < -0.39 is 0 Å². The summed E-state index contributed by atoms with van der Waals surface area (Å²) >= 11 is 0. The summed E-state index contributed by atoms with van der Waals surface area (Å²) in [7, 11) is 7.21. The van der Waals surface area contributed by atoms with Crippen molar-refractivity contribution < 1.29 is 9.47 Å². The first-order valence-corrected chi connectivity index (χ1v) is 5.58. The van der Waals surface area contributed by atoms with Crippen molar-refractivity contribution in [3.63, 3.8) is 0 Å². The third-order valence-corrected chi connectivity index (χ3v) is 3.03. The van der Waals surface area contributed by atoms with E-state index in [1.807, 2.05) is 44.1 Å². The second-order valence-electron chi connectivity index (χ2n) is 4.62. The molecule has 0 saturated carbocycles. The molecule has 0 heterocycles. The fourth-order valence-electron chi connectivity index (χ4n) is 1.56. The van der Waals surface area contributed by atoms with Gasteiger partial charge in [-0.15, -0.1) is 0 Å². The molecule has 0 aliphatic heterocycles. The van der Waals surface area contributed by atoms with Crippen molar-refractivity contribution in [3.05, 3.63) is 23.8 Å². The third kappa shape index (κ3) is 3.35. The van der Waals surface area contributed by atoms with Gasteiger partial charge < -0.3 is 15.2 Å². The summed E-state index contributed by atoms with van der Waals surface area (Å²) in [5.74, 6) is 1.47. The molecule has 4 nitrogen and oxygen atoms in total. The Balaban J connectivity index is 2.93. The number of likely N-dealkylation sites (N-methyl/N-ethyl adjacent to an activating group) is 1. The third-order valence-electron chi connectivity index (χ3n) is 3.03. The van der Waals surface area contributed by atoms with Crippen LogP contribution in [0.1, 0.15) is 12.5 Å². The zero-order chi connectivity index (χ0) is 13.1. The summed E-state index contributed by atoms with van der Waals surface area (Å²) in [5, 5.41) is 0. The van der Waals surface area contributed by atoms with Gasteiger partial charge in [-0.05, 0) is 38.7 Å². The number of methoxy groups -OCH3 is 2. The van der Waals surface area contributed by atoms with Crippen LogP contribution in [0.3, 0.4) is 0 Å². The number of ether oxygens (including phenoxy) is 2. The molecule has 17 heavy (non-hydrogen) atoms. The number of hydrogen-bond donors (Lipinski definition) is 1. The van der Waals surface area contributed by atoms with Crippen molar-refractivity contribution in [3.8, 4) is 11.5 Å². The lowest BCUT2D eigenvalue weighted by molar-refractivity contribution is 0.180. The zero-order valence-electron chi connectivity index (χ0n) is 11.3. The lowest BCUT2D eigenvalue weighted by Gasteiger charge is -2.32. The van der Waals surface area contributed by atoms with E-state index in [2.05, 4.69) is 0 Å². The smallest absolute Gasteiger partial charge is 0.160 e.